The van der Waals surface area contributed by atoms with Crippen molar-refractivity contribution in [1.82, 2.24) is 5.32 Å². The molecule has 3 aromatic rings. The van der Waals surface area contributed by atoms with E-state index in [2.05, 4.69) is 15.4 Å². The van der Waals surface area contributed by atoms with E-state index in [0.717, 1.165) is 17.9 Å². The van der Waals surface area contributed by atoms with Crippen LogP contribution < -0.4 is 20.3 Å². The van der Waals surface area contributed by atoms with Gasteiger partial charge >= 0.3 is 6.03 Å². The minimum Gasteiger partial charge on any atom is -0.326 e. The summed E-state index contributed by atoms with van der Waals surface area (Å²) in [5, 5.41) is 5.23. The molecule has 8 nitrogen and oxygen atoms in total. The second-order valence-corrected chi connectivity index (χ2v) is 10.6. The third-order valence-corrected chi connectivity index (χ3v) is 6.46. The molecule has 0 saturated carbocycles. The molecule has 0 aromatic heterocycles. The molecule has 4 rings (SSSR count). The van der Waals surface area contributed by atoms with E-state index in [-0.39, 0.29) is 16.6 Å². The molecule has 1 atom stereocenters. The molecular weight excluding hydrogens is 507 g/mol. The van der Waals surface area contributed by atoms with Gasteiger partial charge < -0.3 is 15.5 Å². The Morgan fingerprint density at radius 1 is 1.06 bits per heavy atom. The number of benzene rings is 3. The largest absolute Gasteiger partial charge is 0.326 e. The van der Waals surface area contributed by atoms with E-state index >= 15 is 0 Å². The lowest BCUT2D eigenvalue weighted by molar-refractivity contribution is -0.121. The van der Waals surface area contributed by atoms with Crippen molar-refractivity contribution in [3.05, 3.63) is 77.6 Å². The van der Waals surface area contributed by atoms with Crippen molar-refractivity contribution >= 4 is 50.6 Å². The van der Waals surface area contributed by atoms with E-state index in [1.54, 1.807) is 47.4 Å². The van der Waals surface area contributed by atoms with Gasteiger partial charge in [-0.15, -0.1) is 0 Å². The van der Waals surface area contributed by atoms with Crippen LogP contribution in [0.3, 0.4) is 0 Å². The van der Waals surface area contributed by atoms with Crippen molar-refractivity contribution in [2.45, 2.75) is 18.9 Å². The van der Waals surface area contributed by atoms with Gasteiger partial charge in [-0.3, -0.25) is 9.52 Å². The summed E-state index contributed by atoms with van der Waals surface area (Å²) < 4.78 is 39.9. The highest BCUT2D eigenvalue weighted by Gasteiger charge is 2.31. The van der Waals surface area contributed by atoms with Crippen LogP contribution in [0, 0.1) is 5.82 Å². The molecule has 0 aliphatic carbocycles. The average Bonchev–Trinajstić information content (AvgIpc) is 2.82. The minimum absolute atomic E-state index is 0.0433. The molecule has 36 heavy (non-hydrogen) atoms. The van der Waals surface area contributed by atoms with Gasteiger partial charge in [-0.2, -0.15) is 0 Å². The van der Waals surface area contributed by atoms with Crippen LogP contribution >= 0.6 is 11.6 Å². The highest BCUT2D eigenvalue weighted by atomic mass is 35.5. The fraction of sp³-hybridized carbons (Fsp3) is 0.200. The first-order valence-corrected chi connectivity index (χ1v) is 13.4. The molecule has 3 aromatic carbocycles. The van der Waals surface area contributed by atoms with Crippen molar-refractivity contribution in [2.24, 2.45) is 0 Å². The number of urea groups is 1. The Labute approximate surface area is 213 Å². The molecule has 0 spiro atoms. The maximum absolute atomic E-state index is 14.0. The van der Waals surface area contributed by atoms with E-state index in [0.29, 0.717) is 36.3 Å². The van der Waals surface area contributed by atoms with Crippen LogP contribution in [0.4, 0.5) is 26.2 Å². The Bertz CT molecular complexity index is 1400. The number of halogens is 2. The van der Waals surface area contributed by atoms with Crippen molar-refractivity contribution in [1.29, 1.82) is 0 Å². The lowest BCUT2D eigenvalue weighted by Gasteiger charge is -2.32. The normalized spacial score (nSPS) is 15.9. The number of piperidine rings is 1. The highest BCUT2D eigenvalue weighted by Crippen LogP contribution is 2.31. The molecule has 0 radical (unpaired) electrons. The highest BCUT2D eigenvalue weighted by molar-refractivity contribution is 7.92. The quantitative estimate of drug-likeness (QED) is 0.424. The van der Waals surface area contributed by atoms with Gasteiger partial charge in [-0.1, -0.05) is 41.9 Å². The van der Waals surface area contributed by atoms with E-state index < -0.39 is 27.9 Å². The summed E-state index contributed by atoms with van der Waals surface area (Å²) >= 11 is 5.73. The third-order valence-electron chi connectivity index (χ3n) is 5.64. The Morgan fingerprint density at radius 2 is 1.78 bits per heavy atom. The van der Waals surface area contributed by atoms with Crippen LogP contribution in [-0.4, -0.2) is 39.2 Å². The van der Waals surface area contributed by atoms with Crippen LogP contribution in [0.1, 0.15) is 12.8 Å². The van der Waals surface area contributed by atoms with Gasteiger partial charge in [0.15, 0.2) is 0 Å². The van der Waals surface area contributed by atoms with E-state index in [4.69, 9.17) is 11.6 Å². The number of amides is 3. The Morgan fingerprint density at radius 3 is 2.47 bits per heavy atom. The van der Waals surface area contributed by atoms with E-state index in [1.165, 1.54) is 12.1 Å². The van der Waals surface area contributed by atoms with Gasteiger partial charge in [0.25, 0.3) is 0 Å². The molecular formula is C25H24ClFN4O4S. The van der Waals surface area contributed by atoms with Gasteiger partial charge in [0.1, 0.15) is 11.9 Å². The molecule has 3 amide bonds. The van der Waals surface area contributed by atoms with Gasteiger partial charge in [0.2, 0.25) is 15.9 Å². The molecule has 1 saturated heterocycles. The molecule has 1 fully saturated rings. The Hall–Kier alpha value is -3.63. The van der Waals surface area contributed by atoms with E-state index in [9.17, 15) is 22.4 Å². The number of hydrogen-bond acceptors (Lipinski definition) is 4. The van der Waals surface area contributed by atoms with Crippen molar-refractivity contribution < 1.29 is 22.4 Å². The SMILES string of the molecule is CS(=O)(=O)Nc1ccccc1-c1ccc(N2CCC[C@@H](NC(=O)Nc3ccc(Cl)cc3F)C2=O)cc1. The maximum Gasteiger partial charge on any atom is 0.319 e. The zero-order chi connectivity index (χ0) is 25.9. The number of anilines is 3. The molecule has 3 N–H and O–H groups in total. The second-order valence-electron chi connectivity index (χ2n) is 8.37. The predicted molar refractivity (Wildman–Crippen MR) is 139 cm³/mol. The fourth-order valence-electron chi connectivity index (χ4n) is 4.02. The molecule has 1 aliphatic rings. The third kappa shape index (κ3) is 6.13. The van der Waals surface area contributed by atoms with Crippen LogP contribution in [0.2, 0.25) is 5.02 Å². The predicted octanol–water partition coefficient (Wildman–Crippen LogP) is 4.83. The van der Waals surface area contributed by atoms with Gasteiger partial charge in [-0.25, -0.2) is 17.6 Å². The fourth-order valence-corrected chi connectivity index (χ4v) is 4.75. The standard InChI is InChI=1S/C25H24ClFN4O4S/c1-36(34,35)30-21-6-3-2-5-19(21)16-8-11-18(12-9-16)31-14-4-7-23(24(31)32)29-25(33)28-22-13-10-17(26)15-20(22)27/h2-3,5-6,8-13,15,23,30H,4,7,14H2,1H3,(H2,28,29,33)/t23-/m1/s1. The van der Waals surface area contributed by atoms with Crippen LogP contribution in [0.15, 0.2) is 66.7 Å². The molecule has 1 aliphatic heterocycles. The number of carbonyl (C=O) groups excluding carboxylic acids is 2. The maximum atomic E-state index is 14.0. The molecule has 0 unspecified atom stereocenters. The van der Waals surface area contributed by atoms with Crippen molar-refractivity contribution in [3.8, 4) is 11.1 Å². The topological polar surface area (TPSA) is 108 Å². The molecule has 188 valence electrons. The summed E-state index contributed by atoms with van der Waals surface area (Å²) in [7, 11) is -3.45. The van der Waals surface area contributed by atoms with E-state index in [1.807, 2.05) is 6.07 Å². The van der Waals surface area contributed by atoms with Crippen LogP contribution in [0.5, 0.6) is 0 Å². The number of carbonyl (C=O) groups is 2. The molecule has 11 heteroatoms. The number of hydrogen-bond donors (Lipinski definition) is 3. The number of para-hydroxylation sites is 1. The zero-order valence-electron chi connectivity index (χ0n) is 19.3. The monoisotopic (exact) mass is 530 g/mol. The van der Waals surface area contributed by atoms with Crippen molar-refractivity contribution in [3.63, 3.8) is 0 Å². The van der Waals surface area contributed by atoms with Crippen molar-refractivity contribution in [2.75, 3.05) is 27.7 Å². The van der Waals surface area contributed by atoms with Crippen LogP contribution in [-0.2, 0) is 14.8 Å². The molecule has 1 heterocycles. The number of sulfonamides is 1. The second kappa shape index (κ2) is 10.5. The minimum atomic E-state index is -3.45. The smallest absolute Gasteiger partial charge is 0.319 e. The first-order valence-electron chi connectivity index (χ1n) is 11.1. The summed E-state index contributed by atoms with van der Waals surface area (Å²) in [5.74, 6) is -0.956. The average molecular weight is 531 g/mol. The Balaban J connectivity index is 1.46. The lowest BCUT2D eigenvalue weighted by Crippen LogP contribution is -2.53. The van der Waals surface area contributed by atoms with Gasteiger partial charge in [0.05, 0.1) is 17.6 Å². The number of nitrogens with one attached hydrogen (secondary N) is 3. The van der Waals surface area contributed by atoms with Gasteiger partial charge in [0, 0.05) is 22.8 Å². The number of rotatable bonds is 6. The van der Waals surface area contributed by atoms with Gasteiger partial charge in [-0.05, 0) is 54.8 Å². The number of nitrogens with zero attached hydrogens (tertiary/aromatic N) is 1. The summed E-state index contributed by atoms with van der Waals surface area (Å²) in [6.45, 7) is 0.482. The zero-order valence-corrected chi connectivity index (χ0v) is 20.9. The summed E-state index contributed by atoms with van der Waals surface area (Å²) in [4.78, 5) is 27.1. The lowest BCUT2D eigenvalue weighted by atomic mass is 10.0. The molecule has 0 bridgehead atoms. The Kier molecular flexibility index (Phi) is 7.46. The summed E-state index contributed by atoms with van der Waals surface area (Å²) in [5.41, 5.74) is 2.53. The first-order chi connectivity index (χ1) is 17.1. The first kappa shape index (κ1) is 25.5. The summed E-state index contributed by atoms with van der Waals surface area (Å²) in [6.07, 6.45) is 2.20. The van der Waals surface area contributed by atoms with Crippen LogP contribution in [0.25, 0.3) is 11.1 Å². The summed E-state index contributed by atoms with van der Waals surface area (Å²) in [6, 6.07) is 16.6.